The molecule has 1 aliphatic rings. The molecule has 0 spiro atoms. The molecule has 2 amide bonds. The zero-order chi connectivity index (χ0) is 28.7. The van der Waals surface area contributed by atoms with Crippen molar-refractivity contribution in [2.75, 3.05) is 48.9 Å². The molecule has 0 radical (unpaired) electrons. The van der Waals surface area contributed by atoms with E-state index >= 15 is 0 Å². The van der Waals surface area contributed by atoms with E-state index in [9.17, 15) is 36.9 Å². The number of anilines is 2. The summed E-state index contributed by atoms with van der Waals surface area (Å²) >= 11 is -2.27. The van der Waals surface area contributed by atoms with Crippen LogP contribution in [0.5, 0.6) is 0 Å². The summed E-state index contributed by atoms with van der Waals surface area (Å²) < 4.78 is 44.7. The summed E-state index contributed by atoms with van der Waals surface area (Å²) in [5.41, 5.74) is 1.16. The van der Waals surface area contributed by atoms with Crippen LogP contribution in [-0.2, 0) is 46.9 Å². The normalized spacial score (nSPS) is 15.4. The molecule has 1 saturated heterocycles. The van der Waals surface area contributed by atoms with E-state index in [-0.39, 0.29) is 49.8 Å². The van der Waals surface area contributed by atoms with E-state index in [2.05, 4.69) is 4.72 Å². The number of nitrogens with one attached hydrogen (secondary N) is 1. The number of carboxylic acids is 1. The van der Waals surface area contributed by atoms with E-state index < -0.39 is 45.6 Å². The molecule has 2 aromatic rings. The standard InChI is InChI=1S/C23H27N5O9S2/c24-39(36,37)20-7-1-16(2-8-20)11-19(29)12-26(15-23(32)33)9-10-27-13-21(30)28(22(31)14-27)18-5-3-17(4-6-18)25-38(34)35/h1-8,25H,9-15H2,(H,32,33)(H,34,35)(H2,24,36,37). The number of ketones is 1. The second-order valence-electron chi connectivity index (χ2n) is 8.74. The summed E-state index contributed by atoms with van der Waals surface area (Å²) in [5.74, 6) is -2.46. The van der Waals surface area contributed by atoms with Gasteiger partial charge in [0.05, 0.1) is 36.8 Å². The molecule has 1 fully saturated rings. The van der Waals surface area contributed by atoms with Gasteiger partial charge in [0.2, 0.25) is 21.8 Å². The minimum atomic E-state index is -3.87. The quantitative estimate of drug-likeness (QED) is 0.171. The van der Waals surface area contributed by atoms with Crippen molar-refractivity contribution >= 4 is 56.2 Å². The Hall–Kier alpha value is -3.54. The molecule has 5 N–H and O–H groups in total. The number of Topliss-reactive ketones (excluding diaryl/α,β-unsaturated/α-hetero) is 1. The third kappa shape index (κ3) is 9.02. The molecule has 14 nitrogen and oxygen atoms in total. The third-order valence-electron chi connectivity index (χ3n) is 5.69. The van der Waals surface area contributed by atoms with Gasteiger partial charge in [0.25, 0.3) is 11.3 Å². The van der Waals surface area contributed by atoms with Crippen molar-refractivity contribution in [1.29, 1.82) is 0 Å². The first kappa shape index (κ1) is 30.0. The van der Waals surface area contributed by atoms with Crippen molar-refractivity contribution in [3.05, 3.63) is 54.1 Å². The number of sulfonamides is 1. The molecule has 1 atom stereocenters. The number of nitrogens with zero attached hydrogens (tertiary/aromatic N) is 3. The van der Waals surface area contributed by atoms with Crippen molar-refractivity contribution in [3.8, 4) is 0 Å². The molecule has 210 valence electrons. The molecule has 3 rings (SSSR count). The highest BCUT2D eigenvalue weighted by molar-refractivity contribution is 7.89. The summed E-state index contributed by atoms with van der Waals surface area (Å²) in [6.45, 7) is -0.613. The second kappa shape index (κ2) is 13.0. The van der Waals surface area contributed by atoms with Crippen LogP contribution >= 0.6 is 0 Å². The van der Waals surface area contributed by atoms with Crippen LogP contribution in [0.4, 0.5) is 11.4 Å². The minimum Gasteiger partial charge on any atom is -0.480 e. The number of benzene rings is 2. The number of primary sulfonamides is 1. The van der Waals surface area contributed by atoms with Gasteiger partial charge in [-0.05, 0) is 42.0 Å². The average molecular weight is 582 g/mol. The van der Waals surface area contributed by atoms with Gasteiger partial charge in [-0.25, -0.2) is 22.7 Å². The fourth-order valence-corrected chi connectivity index (χ4v) is 4.82. The van der Waals surface area contributed by atoms with Crippen LogP contribution in [0.15, 0.2) is 53.4 Å². The van der Waals surface area contributed by atoms with Gasteiger partial charge in [0.1, 0.15) is 0 Å². The second-order valence-corrected chi connectivity index (χ2v) is 11.0. The first-order valence-electron chi connectivity index (χ1n) is 11.4. The van der Waals surface area contributed by atoms with Crippen LogP contribution in [0.25, 0.3) is 0 Å². The predicted molar refractivity (Wildman–Crippen MR) is 140 cm³/mol. The van der Waals surface area contributed by atoms with E-state index in [1.54, 1.807) is 4.90 Å². The molecular formula is C23H27N5O9S2. The molecule has 1 aliphatic heterocycles. The Bertz CT molecular complexity index is 1350. The van der Waals surface area contributed by atoms with Gasteiger partial charge < -0.3 is 5.11 Å². The maximum atomic E-state index is 12.7. The number of carbonyl (C=O) groups excluding carboxylic acids is 3. The van der Waals surface area contributed by atoms with E-state index in [0.717, 1.165) is 4.90 Å². The average Bonchev–Trinajstić information content (AvgIpc) is 2.82. The Labute approximate surface area is 226 Å². The maximum Gasteiger partial charge on any atom is 0.317 e. The van der Waals surface area contributed by atoms with Crippen LogP contribution in [0.1, 0.15) is 5.56 Å². The van der Waals surface area contributed by atoms with E-state index in [0.29, 0.717) is 16.9 Å². The number of piperazine rings is 1. The van der Waals surface area contributed by atoms with Crippen molar-refractivity contribution in [2.45, 2.75) is 11.3 Å². The summed E-state index contributed by atoms with van der Waals surface area (Å²) in [6, 6.07) is 11.3. The largest absolute Gasteiger partial charge is 0.480 e. The minimum absolute atomic E-state index is 0.0564. The van der Waals surface area contributed by atoms with Gasteiger partial charge in [-0.1, -0.05) is 12.1 Å². The number of rotatable bonds is 13. The molecule has 0 saturated carbocycles. The Morgan fingerprint density at radius 1 is 1.00 bits per heavy atom. The molecule has 16 heteroatoms. The van der Waals surface area contributed by atoms with Gasteiger partial charge in [0.15, 0.2) is 5.78 Å². The van der Waals surface area contributed by atoms with Crippen molar-refractivity contribution in [2.24, 2.45) is 5.14 Å². The highest BCUT2D eigenvalue weighted by atomic mass is 32.2. The van der Waals surface area contributed by atoms with E-state index in [1.807, 2.05) is 0 Å². The van der Waals surface area contributed by atoms with Crippen LogP contribution in [0.3, 0.4) is 0 Å². The Kier molecular flexibility index (Phi) is 10.0. The smallest absolute Gasteiger partial charge is 0.317 e. The number of hydrogen-bond acceptors (Lipinski definition) is 9. The number of imide groups is 1. The lowest BCUT2D eigenvalue weighted by Crippen LogP contribution is -2.55. The molecule has 1 unspecified atom stereocenters. The summed E-state index contributed by atoms with van der Waals surface area (Å²) in [6.07, 6.45) is -0.0564. The molecular weight excluding hydrogens is 554 g/mol. The zero-order valence-electron chi connectivity index (χ0n) is 20.6. The summed E-state index contributed by atoms with van der Waals surface area (Å²) in [4.78, 5) is 53.2. The zero-order valence-corrected chi connectivity index (χ0v) is 22.2. The summed E-state index contributed by atoms with van der Waals surface area (Å²) in [7, 11) is -3.87. The molecule has 0 aliphatic carbocycles. The van der Waals surface area contributed by atoms with Crippen LogP contribution in [0, 0.1) is 0 Å². The monoisotopic (exact) mass is 581 g/mol. The van der Waals surface area contributed by atoms with Crippen LogP contribution < -0.4 is 14.8 Å². The fourth-order valence-electron chi connectivity index (χ4n) is 3.96. The van der Waals surface area contributed by atoms with Gasteiger partial charge in [-0.3, -0.25) is 38.3 Å². The lowest BCUT2D eigenvalue weighted by molar-refractivity contribution is -0.139. The SMILES string of the molecule is NS(=O)(=O)c1ccc(CC(=O)CN(CCN2CC(=O)N(c3ccc(NS(=O)O)cc3)C(=O)C2)CC(=O)O)cc1. The first-order chi connectivity index (χ1) is 18.3. The lowest BCUT2D eigenvalue weighted by atomic mass is 10.1. The van der Waals surface area contributed by atoms with Crippen LogP contribution in [0.2, 0.25) is 0 Å². The van der Waals surface area contributed by atoms with Crippen LogP contribution in [-0.4, -0.2) is 94.9 Å². The first-order valence-corrected chi connectivity index (χ1v) is 14.1. The molecule has 0 bridgehead atoms. The highest BCUT2D eigenvalue weighted by Gasteiger charge is 2.32. The maximum absolute atomic E-state index is 12.7. The predicted octanol–water partition coefficient (Wildman–Crippen LogP) is -0.744. The van der Waals surface area contributed by atoms with Crippen molar-refractivity contribution in [3.63, 3.8) is 0 Å². The Balaban J connectivity index is 1.56. The molecule has 1 heterocycles. The fraction of sp³-hybridized carbons (Fsp3) is 0.304. The number of carbonyl (C=O) groups is 4. The van der Waals surface area contributed by atoms with Gasteiger partial charge in [-0.15, -0.1) is 0 Å². The number of aliphatic carboxylic acids is 1. The van der Waals surface area contributed by atoms with Gasteiger partial charge in [-0.2, -0.15) is 0 Å². The van der Waals surface area contributed by atoms with E-state index in [1.165, 1.54) is 53.4 Å². The molecule has 2 aromatic carbocycles. The highest BCUT2D eigenvalue weighted by Crippen LogP contribution is 2.21. The van der Waals surface area contributed by atoms with Gasteiger partial charge >= 0.3 is 5.97 Å². The lowest BCUT2D eigenvalue weighted by Gasteiger charge is -2.33. The summed E-state index contributed by atoms with van der Waals surface area (Å²) in [5, 5.41) is 14.3. The Morgan fingerprint density at radius 3 is 2.10 bits per heavy atom. The Morgan fingerprint density at radius 2 is 1.59 bits per heavy atom. The number of hydrogen-bond donors (Lipinski definition) is 4. The number of amides is 2. The molecule has 39 heavy (non-hydrogen) atoms. The van der Waals surface area contributed by atoms with Gasteiger partial charge in [0, 0.05) is 25.2 Å². The third-order valence-corrected chi connectivity index (χ3v) is 7.03. The van der Waals surface area contributed by atoms with Crippen molar-refractivity contribution in [1.82, 2.24) is 9.80 Å². The molecule has 0 aromatic heterocycles. The van der Waals surface area contributed by atoms with Crippen molar-refractivity contribution < 1.29 is 41.5 Å². The topological polar surface area (TPSA) is 208 Å². The van der Waals surface area contributed by atoms with E-state index in [4.69, 9.17) is 9.69 Å². The number of nitrogens with two attached hydrogens (primary N) is 1. The number of carboxylic acid groups (broad SMARTS) is 1.